The lowest BCUT2D eigenvalue weighted by Crippen LogP contribution is -2.12. The molecule has 2 aromatic rings. The zero-order chi connectivity index (χ0) is 17.8. The van der Waals surface area contributed by atoms with Crippen molar-refractivity contribution in [2.24, 2.45) is 0 Å². The molecule has 0 radical (unpaired) electrons. The van der Waals surface area contributed by atoms with Crippen molar-refractivity contribution in [2.45, 2.75) is 38.2 Å². The van der Waals surface area contributed by atoms with E-state index in [0.29, 0.717) is 32.7 Å². The maximum absolute atomic E-state index is 12.7. The van der Waals surface area contributed by atoms with Crippen LogP contribution in [0.3, 0.4) is 0 Å². The van der Waals surface area contributed by atoms with E-state index in [-0.39, 0.29) is 18.3 Å². The maximum atomic E-state index is 12.7. The molecule has 0 amide bonds. The molecule has 1 saturated carbocycles. The van der Waals surface area contributed by atoms with Crippen molar-refractivity contribution < 1.29 is 14.3 Å². The summed E-state index contributed by atoms with van der Waals surface area (Å²) >= 11 is 12.2. The molecule has 0 saturated heterocycles. The lowest BCUT2D eigenvalue weighted by molar-refractivity contribution is 0.0992. The molecule has 25 heavy (non-hydrogen) atoms. The molecule has 0 unspecified atom stereocenters. The molecule has 0 atom stereocenters. The fraction of sp³-hybridized carbons (Fsp3) is 0.368. The minimum absolute atomic E-state index is 0.0890. The van der Waals surface area contributed by atoms with Crippen LogP contribution < -0.4 is 9.47 Å². The second kappa shape index (κ2) is 8.07. The Kier molecular flexibility index (Phi) is 5.82. The van der Waals surface area contributed by atoms with Gasteiger partial charge in [-0.2, -0.15) is 0 Å². The molecule has 3 rings (SSSR count). The smallest absolute Gasteiger partial charge is 0.167 e. The van der Waals surface area contributed by atoms with Gasteiger partial charge in [-0.1, -0.05) is 23.2 Å². The van der Waals surface area contributed by atoms with Gasteiger partial charge in [-0.15, -0.1) is 0 Å². The largest absolute Gasteiger partial charge is 0.493 e. The van der Waals surface area contributed by atoms with Crippen molar-refractivity contribution in [2.75, 3.05) is 7.11 Å². The number of halogens is 2. The number of ketones is 1. The number of hydrogen-bond donors (Lipinski definition) is 0. The summed E-state index contributed by atoms with van der Waals surface area (Å²) < 4.78 is 11.4. The highest BCUT2D eigenvalue weighted by atomic mass is 35.5. The minimum atomic E-state index is -0.0890. The SMILES string of the molecule is COc1ccc(C(=O)Cc2c(Cl)cncc2Cl)cc1OC1CCCC1. The van der Waals surface area contributed by atoms with Gasteiger partial charge < -0.3 is 9.47 Å². The van der Waals surface area contributed by atoms with Crippen LogP contribution in [0.25, 0.3) is 0 Å². The van der Waals surface area contributed by atoms with Gasteiger partial charge in [0, 0.05) is 29.9 Å². The average molecular weight is 380 g/mol. The first-order valence-electron chi connectivity index (χ1n) is 8.24. The molecule has 0 spiro atoms. The molecule has 0 aliphatic heterocycles. The highest BCUT2D eigenvalue weighted by Gasteiger charge is 2.20. The van der Waals surface area contributed by atoms with Crippen LogP contribution in [0.5, 0.6) is 11.5 Å². The summed E-state index contributed by atoms with van der Waals surface area (Å²) in [5.74, 6) is 1.14. The van der Waals surface area contributed by atoms with Gasteiger partial charge in [-0.25, -0.2) is 0 Å². The van der Waals surface area contributed by atoms with E-state index in [0.717, 1.165) is 12.8 Å². The van der Waals surface area contributed by atoms with Crippen LogP contribution in [0.15, 0.2) is 30.6 Å². The second-order valence-electron chi connectivity index (χ2n) is 6.07. The van der Waals surface area contributed by atoms with Crippen molar-refractivity contribution in [3.05, 3.63) is 51.8 Å². The molecular weight excluding hydrogens is 361 g/mol. The van der Waals surface area contributed by atoms with E-state index in [4.69, 9.17) is 32.7 Å². The van der Waals surface area contributed by atoms with Crippen molar-refractivity contribution in [1.29, 1.82) is 0 Å². The van der Waals surface area contributed by atoms with Crippen molar-refractivity contribution >= 4 is 29.0 Å². The highest BCUT2D eigenvalue weighted by molar-refractivity contribution is 6.36. The Morgan fingerprint density at radius 2 is 1.84 bits per heavy atom. The third-order valence-electron chi connectivity index (χ3n) is 4.37. The number of nitrogens with zero attached hydrogens (tertiary/aromatic N) is 1. The number of aromatic nitrogens is 1. The Morgan fingerprint density at radius 3 is 2.48 bits per heavy atom. The van der Waals surface area contributed by atoms with Gasteiger partial charge in [0.25, 0.3) is 0 Å². The fourth-order valence-corrected chi connectivity index (χ4v) is 3.50. The molecule has 1 heterocycles. The Bertz CT molecular complexity index is 753. The van der Waals surface area contributed by atoms with E-state index < -0.39 is 0 Å². The molecule has 4 nitrogen and oxygen atoms in total. The quantitative estimate of drug-likeness (QED) is 0.651. The van der Waals surface area contributed by atoms with Crippen LogP contribution in [-0.4, -0.2) is 24.0 Å². The zero-order valence-corrected chi connectivity index (χ0v) is 15.4. The number of benzene rings is 1. The first kappa shape index (κ1) is 18.0. The van der Waals surface area contributed by atoms with Gasteiger partial charge in [0.05, 0.1) is 23.3 Å². The molecule has 1 aromatic carbocycles. The number of rotatable bonds is 6. The van der Waals surface area contributed by atoms with E-state index in [2.05, 4.69) is 4.98 Å². The Hall–Kier alpha value is -1.78. The van der Waals surface area contributed by atoms with Crippen molar-refractivity contribution in [1.82, 2.24) is 4.98 Å². The van der Waals surface area contributed by atoms with E-state index in [9.17, 15) is 4.79 Å². The summed E-state index contributed by atoms with van der Waals surface area (Å²) in [7, 11) is 1.59. The van der Waals surface area contributed by atoms with Crippen LogP contribution in [0, 0.1) is 0 Å². The van der Waals surface area contributed by atoms with Gasteiger partial charge in [0.15, 0.2) is 17.3 Å². The minimum Gasteiger partial charge on any atom is -0.493 e. The van der Waals surface area contributed by atoms with Crippen LogP contribution in [0.4, 0.5) is 0 Å². The Balaban J connectivity index is 1.82. The molecule has 1 aromatic heterocycles. The average Bonchev–Trinajstić information content (AvgIpc) is 3.11. The molecule has 1 fully saturated rings. The topological polar surface area (TPSA) is 48.4 Å². The summed E-state index contributed by atoms with van der Waals surface area (Å²) in [6, 6.07) is 5.22. The normalized spacial score (nSPS) is 14.5. The van der Waals surface area contributed by atoms with Gasteiger partial charge >= 0.3 is 0 Å². The van der Waals surface area contributed by atoms with Crippen molar-refractivity contribution in [3.63, 3.8) is 0 Å². The predicted molar refractivity (Wildman–Crippen MR) is 98.2 cm³/mol. The fourth-order valence-electron chi connectivity index (χ4n) is 3.00. The van der Waals surface area contributed by atoms with Gasteiger partial charge in [0.1, 0.15) is 0 Å². The molecular formula is C19H19Cl2NO3. The van der Waals surface area contributed by atoms with Gasteiger partial charge in [0.2, 0.25) is 0 Å². The molecule has 1 aliphatic rings. The summed E-state index contributed by atoms with van der Waals surface area (Å²) in [5, 5.41) is 0.772. The maximum Gasteiger partial charge on any atom is 0.167 e. The highest BCUT2D eigenvalue weighted by Crippen LogP contribution is 2.33. The van der Waals surface area contributed by atoms with Crippen LogP contribution in [0.2, 0.25) is 10.0 Å². The number of pyridine rings is 1. The first-order valence-corrected chi connectivity index (χ1v) is 9.00. The van der Waals surface area contributed by atoms with Crippen LogP contribution in [-0.2, 0) is 6.42 Å². The predicted octanol–water partition coefficient (Wildman–Crippen LogP) is 5.14. The first-order chi connectivity index (χ1) is 12.1. The zero-order valence-electron chi connectivity index (χ0n) is 13.9. The van der Waals surface area contributed by atoms with E-state index in [1.165, 1.54) is 25.2 Å². The molecule has 6 heteroatoms. The lowest BCUT2D eigenvalue weighted by Gasteiger charge is -2.16. The summed E-state index contributed by atoms with van der Waals surface area (Å²) in [4.78, 5) is 16.6. The van der Waals surface area contributed by atoms with Crippen LogP contribution >= 0.6 is 23.2 Å². The molecule has 0 bridgehead atoms. The molecule has 132 valence electrons. The van der Waals surface area contributed by atoms with E-state index in [1.807, 2.05) is 0 Å². The molecule has 1 aliphatic carbocycles. The standard InChI is InChI=1S/C19H19Cl2NO3/c1-24-18-7-6-12(8-19(18)25-13-4-2-3-5-13)17(23)9-14-15(20)10-22-11-16(14)21/h6-8,10-11,13H,2-5,9H2,1H3. The lowest BCUT2D eigenvalue weighted by atomic mass is 10.0. The summed E-state index contributed by atoms with van der Waals surface area (Å²) in [6.07, 6.45) is 7.66. The van der Waals surface area contributed by atoms with E-state index >= 15 is 0 Å². The molecule has 0 N–H and O–H groups in total. The Morgan fingerprint density at radius 1 is 1.16 bits per heavy atom. The Labute approximate surface area is 157 Å². The van der Waals surface area contributed by atoms with Gasteiger partial charge in [-0.05, 0) is 43.9 Å². The van der Waals surface area contributed by atoms with Crippen molar-refractivity contribution in [3.8, 4) is 11.5 Å². The number of Topliss-reactive ketones (excluding diaryl/α,β-unsaturated/α-hetero) is 1. The number of methoxy groups -OCH3 is 1. The number of ether oxygens (including phenoxy) is 2. The third-order valence-corrected chi connectivity index (χ3v) is 5.02. The van der Waals surface area contributed by atoms with Gasteiger partial charge in [-0.3, -0.25) is 9.78 Å². The van der Waals surface area contributed by atoms with Crippen LogP contribution in [0.1, 0.15) is 41.6 Å². The number of hydrogen-bond acceptors (Lipinski definition) is 4. The number of carbonyl (C=O) groups excluding carboxylic acids is 1. The summed E-state index contributed by atoms with van der Waals surface area (Å²) in [6.45, 7) is 0. The summed E-state index contributed by atoms with van der Waals surface area (Å²) in [5.41, 5.74) is 1.12. The second-order valence-corrected chi connectivity index (χ2v) is 6.89. The monoisotopic (exact) mass is 379 g/mol. The number of carbonyl (C=O) groups is 1. The third kappa shape index (κ3) is 4.25. The van der Waals surface area contributed by atoms with E-state index in [1.54, 1.807) is 25.3 Å².